The van der Waals surface area contributed by atoms with Gasteiger partial charge in [0, 0.05) is 26.1 Å². The van der Waals surface area contributed by atoms with Gasteiger partial charge in [-0.3, -0.25) is 9.47 Å². The van der Waals surface area contributed by atoms with E-state index in [2.05, 4.69) is 19.9 Å². The van der Waals surface area contributed by atoms with E-state index in [4.69, 9.17) is 26.8 Å². The summed E-state index contributed by atoms with van der Waals surface area (Å²) < 4.78 is 13.2. The summed E-state index contributed by atoms with van der Waals surface area (Å²) in [6.07, 6.45) is 0.884. The summed E-state index contributed by atoms with van der Waals surface area (Å²) in [5.74, 6) is 0.229. The molecular weight excluding hydrogens is 336 g/mol. The maximum atomic E-state index is 10.4. The molecule has 130 valence electrons. The van der Waals surface area contributed by atoms with Crippen molar-refractivity contribution in [1.82, 2.24) is 24.4 Å². The fourth-order valence-corrected chi connectivity index (χ4v) is 3.38. The van der Waals surface area contributed by atoms with Crippen LogP contribution in [0.2, 0.25) is 5.28 Å². The molecule has 0 radical (unpaired) electrons. The summed E-state index contributed by atoms with van der Waals surface area (Å²) in [5.41, 5.74) is 6.82. The second-order valence-corrected chi connectivity index (χ2v) is 6.39. The third-order valence-corrected chi connectivity index (χ3v) is 4.65. The Balaban J connectivity index is 1.53. The minimum atomic E-state index is -0.551. The van der Waals surface area contributed by atoms with Gasteiger partial charge in [0.05, 0.1) is 31.7 Å². The number of hydrogen-bond donors (Lipinski definition) is 2. The number of aromatic nitrogens is 4. The van der Waals surface area contributed by atoms with Gasteiger partial charge >= 0.3 is 0 Å². The molecule has 0 spiro atoms. The molecule has 0 aromatic carbocycles. The molecule has 2 aliphatic heterocycles. The van der Waals surface area contributed by atoms with Crippen molar-refractivity contribution >= 4 is 28.6 Å². The molecule has 3 N–H and O–H groups in total. The highest BCUT2D eigenvalue weighted by molar-refractivity contribution is 6.28. The van der Waals surface area contributed by atoms with Gasteiger partial charge in [0.2, 0.25) is 5.28 Å². The topological polar surface area (TPSA) is 112 Å². The van der Waals surface area contributed by atoms with Gasteiger partial charge < -0.3 is 20.3 Å². The largest absolute Gasteiger partial charge is 0.390 e. The first-order valence-corrected chi connectivity index (χ1v) is 8.29. The Morgan fingerprint density at radius 1 is 1.33 bits per heavy atom. The van der Waals surface area contributed by atoms with Crippen molar-refractivity contribution in [2.75, 3.05) is 38.6 Å². The van der Waals surface area contributed by atoms with Gasteiger partial charge in [-0.2, -0.15) is 9.97 Å². The van der Waals surface area contributed by atoms with E-state index in [1.807, 2.05) is 0 Å². The maximum absolute atomic E-state index is 10.4. The zero-order valence-electron chi connectivity index (χ0n) is 13.0. The predicted molar refractivity (Wildman–Crippen MR) is 86.5 cm³/mol. The lowest BCUT2D eigenvalue weighted by Gasteiger charge is -2.29. The average Bonchev–Trinajstić information content (AvgIpc) is 3.12. The van der Waals surface area contributed by atoms with E-state index in [0.29, 0.717) is 37.3 Å². The van der Waals surface area contributed by atoms with Crippen molar-refractivity contribution in [3.63, 3.8) is 0 Å². The summed E-state index contributed by atoms with van der Waals surface area (Å²) in [5, 5.41) is 10.4. The molecular formula is C14H19ClN6O3. The molecule has 2 saturated heterocycles. The van der Waals surface area contributed by atoms with Crippen LogP contribution in [0.5, 0.6) is 0 Å². The Hall–Kier alpha value is -1.52. The van der Waals surface area contributed by atoms with Gasteiger partial charge in [-0.25, -0.2) is 4.98 Å². The van der Waals surface area contributed by atoms with Crippen molar-refractivity contribution in [2.24, 2.45) is 0 Å². The Labute approximate surface area is 143 Å². The summed E-state index contributed by atoms with van der Waals surface area (Å²) in [7, 11) is 0. The molecule has 2 aromatic heterocycles. The van der Waals surface area contributed by atoms with E-state index in [9.17, 15) is 5.11 Å². The first-order chi connectivity index (χ1) is 11.6. The molecule has 0 saturated carbocycles. The van der Waals surface area contributed by atoms with E-state index in [1.54, 1.807) is 10.9 Å². The smallest absolute Gasteiger partial charge is 0.226 e. The van der Waals surface area contributed by atoms with E-state index in [-0.39, 0.29) is 23.4 Å². The fraction of sp³-hybridized carbons (Fsp3) is 0.643. The number of halogens is 1. The molecule has 0 bridgehead atoms. The van der Waals surface area contributed by atoms with Crippen LogP contribution in [0.15, 0.2) is 6.33 Å². The summed E-state index contributed by atoms with van der Waals surface area (Å²) >= 11 is 5.89. The van der Waals surface area contributed by atoms with Crippen LogP contribution in [0.4, 0.5) is 5.82 Å². The van der Waals surface area contributed by atoms with E-state index in [1.165, 1.54) is 0 Å². The Morgan fingerprint density at radius 2 is 2.12 bits per heavy atom. The summed E-state index contributed by atoms with van der Waals surface area (Å²) in [4.78, 5) is 14.6. The lowest BCUT2D eigenvalue weighted by molar-refractivity contribution is -0.0493. The Bertz CT molecular complexity index is 735. The summed E-state index contributed by atoms with van der Waals surface area (Å²) in [6, 6.07) is 0. The fourth-order valence-electron chi connectivity index (χ4n) is 3.21. The van der Waals surface area contributed by atoms with Crippen molar-refractivity contribution < 1.29 is 14.6 Å². The number of imidazole rings is 1. The molecule has 0 amide bonds. The zero-order valence-corrected chi connectivity index (χ0v) is 13.8. The number of aliphatic hydroxyl groups excluding tert-OH is 1. The molecule has 3 atom stereocenters. The number of anilines is 1. The Kier molecular flexibility index (Phi) is 4.27. The molecule has 2 aromatic rings. The second kappa shape index (κ2) is 6.41. The summed E-state index contributed by atoms with van der Waals surface area (Å²) in [6.45, 7) is 3.81. The van der Waals surface area contributed by atoms with Crippen molar-refractivity contribution in [1.29, 1.82) is 0 Å². The number of morpholine rings is 1. The standard InChI is InChI=1S/C14H19ClN6O3/c15-14-18-12(16)11-13(19-14)21(7-17-11)10-5-8(22)9(24-10)6-20-1-3-23-4-2-20/h7-10,22H,1-6H2,(H2,16,18,19)/t8-,9+,10+/m0/s1. The highest BCUT2D eigenvalue weighted by atomic mass is 35.5. The highest BCUT2D eigenvalue weighted by Crippen LogP contribution is 2.32. The van der Waals surface area contributed by atoms with Crippen LogP contribution < -0.4 is 5.73 Å². The molecule has 0 unspecified atom stereocenters. The van der Waals surface area contributed by atoms with Crippen LogP contribution in [-0.4, -0.2) is 74.6 Å². The SMILES string of the molecule is Nc1nc(Cl)nc2c1ncn2[C@H]1C[C@H](O)[C@@H](CN2CCOCC2)O1. The molecule has 10 heteroatoms. The minimum Gasteiger partial charge on any atom is -0.390 e. The molecule has 2 aliphatic rings. The number of nitrogens with zero attached hydrogens (tertiary/aromatic N) is 5. The van der Waals surface area contributed by atoms with Crippen LogP contribution >= 0.6 is 11.6 Å². The lowest BCUT2D eigenvalue weighted by Crippen LogP contribution is -2.43. The molecule has 4 heterocycles. The minimum absolute atomic E-state index is 0.0603. The van der Waals surface area contributed by atoms with E-state index < -0.39 is 6.10 Å². The molecule has 2 fully saturated rings. The third kappa shape index (κ3) is 2.93. The molecule has 0 aliphatic carbocycles. The number of hydrogen-bond acceptors (Lipinski definition) is 8. The van der Waals surface area contributed by atoms with Gasteiger partial charge in [0.15, 0.2) is 11.5 Å². The Morgan fingerprint density at radius 3 is 2.92 bits per heavy atom. The first kappa shape index (κ1) is 16.0. The number of ether oxygens (including phenoxy) is 2. The highest BCUT2D eigenvalue weighted by Gasteiger charge is 2.37. The van der Waals surface area contributed by atoms with Crippen LogP contribution in [0.25, 0.3) is 11.2 Å². The van der Waals surface area contributed by atoms with Gasteiger partial charge in [0.1, 0.15) is 11.7 Å². The van der Waals surface area contributed by atoms with Crippen LogP contribution in [0.3, 0.4) is 0 Å². The van der Waals surface area contributed by atoms with Crippen molar-refractivity contribution in [2.45, 2.75) is 24.9 Å². The number of fused-ring (bicyclic) bond motifs is 1. The zero-order chi connectivity index (χ0) is 16.7. The molecule has 4 rings (SSSR count). The van der Waals surface area contributed by atoms with E-state index >= 15 is 0 Å². The molecule has 24 heavy (non-hydrogen) atoms. The maximum Gasteiger partial charge on any atom is 0.226 e. The van der Waals surface area contributed by atoms with Gasteiger partial charge in [-0.1, -0.05) is 0 Å². The van der Waals surface area contributed by atoms with Crippen LogP contribution in [-0.2, 0) is 9.47 Å². The number of aliphatic hydroxyl groups is 1. The molecule has 9 nitrogen and oxygen atoms in total. The average molecular weight is 355 g/mol. The number of rotatable bonds is 3. The normalized spacial score (nSPS) is 28.7. The van der Waals surface area contributed by atoms with Crippen molar-refractivity contribution in [3.8, 4) is 0 Å². The van der Waals surface area contributed by atoms with E-state index in [0.717, 1.165) is 13.1 Å². The lowest BCUT2D eigenvalue weighted by atomic mass is 10.1. The number of nitrogen functional groups attached to an aromatic ring is 1. The predicted octanol–water partition coefficient (Wildman–Crippen LogP) is 0.0425. The van der Waals surface area contributed by atoms with Crippen LogP contribution in [0, 0.1) is 0 Å². The van der Waals surface area contributed by atoms with Gasteiger partial charge in [0.25, 0.3) is 0 Å². The first-order valence-electron chi connectivity index (χ1n) is 7.91. The van der Waals surface area contributed by atoms with Gasteiger partial charge in [-0.15, -0.1) is 0 Å². The van der Waals surface area contributed by atoms with Crippen molar-refractivity contribution in [3.05, 3.63) is 11.6 Å². The number of nitrogens with two attached hydrogens (primary N) is 1. The monoisotopic (exact) mass is 354 g/mol. The second-order valence-electron chi connectivity index (χ2n) is 6.05. The third-order valence-electron chi connectivity index (χ3n) is 4.48. The quantitative estimate of drug-likeness (QED) is 0.743. The van der Waals surface area contributed by atoms with Crippen LogP contribution in [0.1, 0.15) is 12.6 Å². The van der Waals surface area contributed by atoms with Gasteiger partial charge in [-0.05, 0) is 11.6 Å².